The number of hydrogen-bond donors (Lipinski definition) is 0. The first-order valence-electron chi connectivity index (χ1n) is 5.28. The van der Waals surface area contributed by atoms with Crippen LogP contribution in [0.3, 0.4) is 0 Å². The second kappa shape index (κ2) is 6.84. The van der Waals surface area contributed by atoms with Crippen molar-refractivity contribution in [1.29, 1.82) is 0 Å². The van der Waals surface area contributed by atoms with Crippen molar-refractivity contribution in [3.63, 3.8) is 0 Å². The molecule has 0 aliphatic rings. The molecule has 16 heavy (non-hydrogen) atoms. The van der Waals surface area contributed by atoms with Crippen LogP contribution in [0.1, 0.15) is 30.9 Å². The molecule has 1 aromatic carbocycles. The number of hydrogen-bond acceptors (Lipinski definition) is 1. The topological polar surface area (TPSA) is 9.23 Å². The highest BCUT2D eigenvalue weighted by Crippen LogP contribution is 2.28. The van der Waals surface area contributed by atoms with E-state index in [1.807, 2.05) is 6.92 Å². The van der Waals surface area contributed by atoms with Gasteiger partial charge >= 0.3 is 0 Å². The molecule has 0 fully saturated rings. The highest BCUT2D eigenvalue weighted by atomic mass is 79.9. The summed E-state index contributed by atoms with van der Waals surface area (Å²) in [5.41, 5.74) is 0.796. The number of aryl methyl sites for hydroxylation is 1. The lowest BCUT2D eigenvalue weighted by atomic mass is 10.0. The van der Waals surface area contributed by atoms with Crippen molar-refractivity contribution in [2.75, 3.05) is 11.9 Å². The molecule has 0 aliphatic carbocycles. The van der Waals surface area contributed by atoms with Crippen molar-refractivity contribution in [3.8, 4) is 5.75 Å². The first-order valence-corrected chi connectivity index (χ1v) is 6.41. The third-order valence-corrected chi connectivity index (χ3v) is 2.80. The van der Waals surface area contributed by atoms with E-state index in [2.05, 4.69) is 15.9 Å². The van der Waals surface area contributed by atoms with Gasteiger partial charge in [-0.3, -0.25) is 0 Å². The molecule has 0 spiro atoms. The Morgan fingerprint density at radius 1 is 1.38 bits per heavy atom. The molecule has 0 atom stereocenters. The summed E-state index contributed by atoms with van der Waals surface area (Å²) in [6.07, 6.45) is -0.920. The molecule has 0 aliphatic heterocycles. The standard InChI is InChI=1S/C12H15BrF2O/c1-2-16-10-6-5-9(4-3-7-13)11(8-10)12(14)15/h5-6,8,12H,2-4,7H2,1H3. The Balaban J connectivity index is 2.90. The number of rotatable bonds is 6. The number of benzene rings is 1. The Bertz CT molecular complexity index is 329. The highest BCUT2D eigenvalue weighted by Gasteiger charge is 2.13. The van der Waals surface area contributed by atoms with Gasteiger partial charge in [0.15, 0.2) is 0 Å². The van der Waals surface area contributed by atoms with Gasteiger partial charge in [-0.25, -0.2) is 8.78 Å². The van der Waals surface area contributed by atoms with Gasteiger partial charge in [0.25, 0.3) is 6.43 Å². The van der Waals surface area contributed by atoms with Crippen molar-refractivity contribution in [3.05, 3.63) is 29.3 Å². The summed E-state index contributed by atoms with van der Waals surface area (Å²) in [5.74, 6) is 0.514. The van der Waals surface area contributed by atoms with Crippen LogP contribution in [0.5, 0.6) is 5.75 Å². The van der Waals surface area contributed by atoms with E-state index >= 15 is 0 Å². The maximum Gasteiger partial charge on any atom is 0.264 e. The number of alkyl halides is 3. The Hall–Kier alpha value is -0.640. The lowest BCUT2D eigenvalue weighted by Crippen LogP contribution is -1.98. The summed E-state index contributed by atoms with van der Waals surface area (Å²) < 4.78 is 30.8. The first-order chi connectivity index (χ1) is 7.69. The molecule has 0 N–H and O–H groups in total. The van der Waals surface area contributed by atoms with E-state index in [-0.39, 0.29) is 5.56 Å². The van der Waals surface area contributed by atoms with Gasteiger partial charge in [0.05, 0.1) is 6.61 Å². The van der Waals surface area contributed by atoms with E-state index in [0.29, 0.717) is 24.3 Å². The van der Waals surface area contributed by atoms with Crippen LogP contribution in [-0.2, 0) is 6.42 Å². The first kappa shape index (κ1) is 13.4. The molecule has 1 rings (SSSR count). The van der Waals surface area contributed by atoms with Crippen LogP contribution in [-0.4, -0.2) is 11.9 Å². The van der Waals surface area contributed by atoms with E-state index in [4.69, 9.17) is 4.74 Å². The lowest BCUT2D eigenvalue weighted by Gasteiger charge is -2.11. The third-order valence-electron chi connectivity index (χ3n) is 2.24. The fourth-order valence-electron chi connectivity index (χ4n) is 1.52. The van der Waals surface area contributed by atoms with Gasteiger partial charge in [0, 0.05) is 10.9 Å². The zero-order chi connectivity index (χ0) is 12.0. The smallest absolute Gasteiger partial charge is 0.264 e. The molecule has 1 nitrogen and oxygen atoms in total. The summed E-state index contributed by atoms with van der Waals surface area (Å²) in [7, 11) is 0. The van der Waals surface area contributed by atoms with Gasteiger partial charge in [-0.15, -0.1) is 0 Å². The van der Waals surface area contributed by atoms with Gasteiger partial charge in [-0.05, 0) is 37.5 Å². The van der Waals surface area contributed by atoms with Crippen LogP contribution in [0.2, 0.25) is 0 Å². The summed E-state index contributed by atoms with van der Waals surface area (Å²) in [4.78, 5) is 0. The SMILES string of the molecule is CCOc1ccc(CCCBr)c(C(F)F)c1. The number of ether oxygens (including phenoxy) is 1. The maximum atomic E-state index is 12.8. The fraction of sp³-hybridized carbons (Fsp3) is 0.500. The van der Waals surface area contributed by atoms with Gasteiger partial charge in [0.1, 0.15) is 5.75 Å². The molecule has 1 aromatic rings. The molecule has 0 saturated heterocycles. The zero-order valence-corrected chi connectivity index (χ0v) is 10.8. The summed E-state index contributed by atoms with van der Waals surface area (Å²) in [6, 6.07) is 4.92. The maximum absolute atomic E-state index is 12.8. The highest BCUT2D eigenvalue weighted by molar-refractivity contribution is 9.09. The van der Waals surface area contributed by atoms with Gasteiger partial charge < -0.3 is 4.74 Å². The third kappa shape index (κ3) is 3.74. The lowest BCUT2D eigenvalue weighted by molar-refractivity contribution is 0.149. The van der Waals surface area contributed by atoms with E-state index in [9.17, 15) is 8.78 Å². The van der Waals surface area contributed by atoms with Gasteiger partial charge in [-0.2, -0.15) is 0 Å². The second-order valence-corrected chi connectivity index (χ2v) is 4.18. The van der Waals surface area contributed by atoms with Crippen molar-refractivity contribution in [2.24, 2.45) is 0 Å². The van der Waals surface area contributed by atoms with Crippen LogP contribution in [0.15, 0.2) is 18.2 Å². The van der Waals surface area contributed by atoms with Gasteiger partial charge in [-0.1, -0.05) is 22.0 Å². The normalized spacial score (nSPS) is 10.8. The fourth-order valence-corrected chi connectivity index (χ4v) is 1.80. The molecular weight excluding hydrogens is 278 g/mol. The Morgan fingerprint density at radius 3 is 2.69 bits per heavy atom. The minimum Gasteiger partial charge on any atom is -0.494 e. The van der Waals surface area contributed by atoms with Crippen molar-refractivity contribution in [2.45, 2.75) is 26.2 Å². The summed E-state index contributed by atoms with van der Waals surface area (Å²) in [5, 5.41) is 0.822. The molecule has 0 unspecified atom stereocenters. The molecule has 0 aromatic heterocycles. The number of halogens is 3. The molecule has 0 radical (unpaired) electrons. The van der Waals surface area contributed by atoms with Crippen LogP contribution < -0.4 is 4.74 Å². The van der Waals surface area contributed by atoms with E-state index in [0.717, 1.165) is 11.8 Å². The zero-order valence-electron chi connectivity index (χ0n) is 9.18. The van der Waals surface area contributed by atoms with E-state index < -0.39 is 6.43 Å². The summed E-state index contributed by atoms with van der Waals surface area (Å²) in [6.45, 7) is 2.32. The molecular formula is C12H15BrF2O. The Labute approximate surface area is 103 Å². The van der Waals surface area contributed by atoms with Crippen LogP contribution in [0.25, 0.3) is 0 Å². The minimum atomic E-state index is -2.44. The van der Waals surface area contributed by atoms with E-state index in [1.54, 1.807) is 12.1 Å². The van der Waals surface area contributed by atoms with Crippen LogP contribution >= 0.6 is 15.9 Å². The minimum absolute atomic E-state index is 0.0897. The monoisotopic (exact) mass is 292 g/mol. The van der Waals surface area contributed by atoms with Crippen molar-refractivity contribution >= 4 is 15.9 Å². The molecule has 0 heterocycles. The largest absolute Gasteiger partial charge is 0.494 e. The van der Waals surface area contributed by atoms with Crippen LogP contribution in [0, 0.1) is 0 Å². The molecule has 0 amide bonds. The second-order valence-electron chi connectivity index (χ2n) is 3.39. The van der Waals surface area contributed by atoms with Crippen molar-refractivity contribution < 1.29 is 13.5 Å². The van der Waals surface area contributed by atoms with Crippen molar-refractivity contribution in [1.82, 2.24) is 0 Å². The Morgan fingerprint density at radius 2 is 2.12 bits per heavy atom. The molecule has 90 valence electrons. The quantitative estimate of drug-likeness (QED) is 0.708. The molecule has 4 heteroatoms. The van der Waals surface area contributed by atoms with Crippen LogP contribution in [0.4, 0.5) is 8.78 Å². The molecule has 0 bridgehead atoms. The average molecular weight is 293 g/mol. The van der Waals surface area contributed by atoms with Gasteiger partial charge in [0.2, 0.25) is 0 Å². The Kier molecular flexibility index (Phi) is 5.74. The predicted molar refractivity (Wildman–Crippen MR) is 64.7 cm³/mol. The van der Waals surface area contributed by atoms with E-state index in [1.165, 1.54) is 6.07 Å². The molecule has 0 saturated carbocycles. The summed E-state index contributed by atoms with van der Waals surface area (Å²) >= 11 is 3.30. The predicted octanol–water partition coefficient (Wildman–Crippen LogP) is 4.35. The average Bonchev–Trinajstić information content (AvgIpc) is 2.27.